The summed E-state index contributed by atoms with van der Waals surface area (Å²) in [6.07, 6.45) is 1.63. The molecular weight excluding hydrogens is 312 g/mol. The van der Waals surface area contributed by atoms with E-state index in [1.165, 1.54) is 11.2 Å². The molecule has 0 bridgehead atoms. The van der Waals surface area contributed by atoms with Crippen molar-refractivity contribution < 1.29 is 13.2 Å². The van der Waals surface area contributed by atoms with Crippen molar-refractivity contribution >= 4 is 21.6 Å². The Balaban J connectivity index is 2.41. The van der Waals surface area contributed by atoms with Gasteiger partial charge in [-0.3, -0.25) is 4.79 Å². The summed E-state index contributed by atoms with van der Waals surface area (Å²) >= 11 is 0. The van der Waals surface area contributed by atoms with Crippen LogP contribution < -0.4 is 4.90 Å². The highest BCUT2D eigenvalue weighted by atomic mass is 32.2. The molecule has 0 saturated carbocycles. The number of likely N-dealkylation sites (N-methyl/N-ethyl adjacent to an activating group) is 1. The first kappa shape index (κ1) is 17.7. The second-order valence-electron chi connectivity index (χ2n) is 5.95. The lowest BCUT2D eigenvalue weighted by atomic mass is 10.0. The number of hydrogen-bond acceptors (Lipinski definition) is 3. The normalized spacial score (nSPS) is 14.7. The highest BCUT2D eigenvalue weighted by molar-refractivity contribution is 7.89. The Bertz CT molecular complexity index is 725. The molecule has 0 radical (unpaired) electrons. The number of carbonyl (C=O) groups excluding carboxylic acids is 1. The van der Waals surface area contributed by atoms with Crippen molar-refractivity contribution in [2.75, 3.05) is 24.5 Å². The maximum Gasteiger partial charge on any atom is 0.243 e. The molecule has 0 saturated heterocycles. The van der Waals surface area contributed by atoms with Crippen LogP contribution in [0.3, 0.4) is 0 Å². The van der Waals surface area contributed by atoms with Gasteiger partial charge >= 0.3 is 0 Å². The third kappa shape index (κ3) is 3.64. The predicted octanol–water partition coefficient (Wildman–Crippen LogP) is 2.57. The molecule has 1 heterocycles. The molecule has 23 heavy (non-hydrogen) atoms. The topological polar surface area (TPSA) is 57.7 Å². The van der Waals surface area contributed by atoms with E-state index in [0.717, 1.165) is 29.7 Å². The van der Waals surface area contributed by atoms with Crippen LogP contribution in [-0.2, 0) is 21.2 Å². The van der Waals surface area contributed by atoms with E-state index in [2.05, 4.69) is 6.58 Å². The predicted molar refractivity (Wildman–Crippen MR) is 92.0 cm³/mol. The van der Waals surface area contributed by atoms with Crippen molar-refractivity contribution in [3.63, 3.8) is 0 Å². The Hall–Kier alpha value is -1.66. The lowest BCUT2D eigenvalue weighted by Crippen LogP contribution is -2.34. The molecule has 0 aromatic heterocycles. The lowest BCUT2D eigenvalue weighted by molar-refractivity contribution is -0.116. The average molecular weight is 336 g/mol. The number of sulfonamides is 1. The minimum Gasteiger partial charge on any atom is -0.312 e. The van der Waals surface area contributed by atoms with Crippen LogP contribution >= 0.6 is 0 Å². The number of hydrogen-bond donors (Lipinski definition) is 0. The average Bonchev–Trinajstić information content (AvgIpc) is 2.50. The maximum absolute atomic E-state index is 12.8. The zero-order chi connectivity index (χ0) is 17.2. The number of benzene rings is 1. The van der Waals surface area contributed by atoms with Gasteiger partial charge in [0.15, 0.2) is 0 Å². The Kier molecular flexibility index (Phi) is 5.26. The molecule has 1 amide bonds. The van der Waals surface area contributed by atoms with Crippen molar-refractivity contribution in [1.29, 1.82) is 0 Å². The second kappa shape index (κ2) is 6.84. The van der Waals surface area contributed by atoms with Gasteiger partial charge in [-0.15, -0.1) is 0 Å². The summed E-state index contributed by atoms with van der Waals surface area (Å²) in [5.41, 5.74) is 2.54. The number of aryl methyl sites for hydroxylation is 1. The molecule has 0 atom stereocenters. The summed E-state index contributed by atoms with van der Waals surface area (Å²) in [6.45, 7) is 10.4. The van der Waals surface area contributed by atoms with Crippen molar-refractivity contribution in [3.8, 4) is 0 Å². The van der Waals surface area contributed by atoms with E-state index in [0.29, 0.717) is 19.6 Å². The number of rotatable bonds is 5. The van der Waals surface area contributed by atoms with Crippen molar-refractivity contribution in [3.05, 3.63) is 35.9 Å². The van der Waals surface area contributed by atoms with Gasteiger partial charge in [0.1, 0.15) is 0 Å². The molecule has 1 aromatic rings. The van der Waals surface area contributed by atoms with E-state index in [1.54, 1.807) is 23.1 Å². The zero-order valence-corrected chi connectivity index (χ0v) is 14.8. The smallest absolute Gasteiger partial charge is 0.243 e. The third-order valence-electron chi connectivity index (χ3n) is 3.99. The van der Waals surface area contributed by atoms with Gasteiger partial charge in [0.25, 0.3) is 0 Å². The van der Waals surface area contributed by atoms with Gasteiger partial charge in [0.05, 0.1) is 4.90 Å². The van der Waals surface area contributed by atoms with E-state index in [9.17, 15) is 13.2 Å². The first-order valence-electron chi connectivity index (χ1n) is 7.83. The van der Waals surface area contributed by atoms with E-state index >= 15 is 0 Å². The lowest BCUT2D eigenvalue weighted by Gasteiger charge is -2.29. The molecule has 126 valence electrons. The van der Waals surface area contributed by atoms with E-state index in [1.807, 2.05) is 13.8 Å². The first-order chi connectivity index (χ1) is 10.8. The minimum absolute atomic E-state index is 0.0148. The Morgan fingerprint density at radius 2 is 2.04 bits per heavy atom. The Morgan fingerprint density at radius 3 is 2.61 bits per heavy atom. The molecule has 5 nitrogen and oxygen atoms in total. The molecule has 1 aromatic carbocycles. The van der Waals surface area contributed by atoms with Crippen LogP contribution in [0.15, 0.2) is 35.2 Å². The van der Waals surface area contributed by atoms with Crippen LogP contribution in [0, 0.1) is 0 Å². The standard InChI is InChI=1S/C17H24N2O3S/c1-5-18(12-13(2)3)23(21,22)16-8-9-17-15(11-16)7-6-10-19(17)14(4)20/h8-9,11H,2,5-7,10,12H2,1,3-4H3. The fraction of sp³-hybridized carbons (Fsp3) is 0.471. The summed E-state index contributed by atoms with van der Waals surface area (Å²) in [7, 11) is -3.55. The summed E-state index contributed by atoms with van der Waals surface area (Å²) < 4.78 is 27.0. The number of amides is 1. The number of carbonyl (C=O) groups is 1. The Morgan fingerprint density at radius 1 is 1.35 bits per heavy atom. The summed E-state index contributed by atoms with van der Waals surface area (Å²) in [5.74, 6) is -0.0148. The highest BCUT2D eigenvalue weighted by Crippen LogP contribution is 2.30. The van der Waals surface area contributed by atoms with Crippen molar-refractivity contribution in [2.24, 2.45) is 0 Å². The fourth-order valence-electron chi connectivity index (χ4n) is 2.88. The van der Waals surface area contributed by atoms with Crippen LogP contribution in [0.5, 0.6) is 0 Å². The SMILES string of the molecule is C=C(C)CN(CC)S(=O)(=O)c1ccc2c(c1)CCCN2C(C)=O. The van der Waals surface area contributed by atoms with E-state index in [4.69, 9.17) is 0 Å². The third-order valence-corrected chi connectivity index (χ3v) is 5.90. The van der Waals surface area contributed by atoms with Crippen molar-refractivity contribution in [1.82, 2.24) is 4.31 Å². The summed E-state index contributed by atoms with van der Waals surface area (Å²) in [5, 5.41) is 0. The Labute approximate surface area is 138 Å². The van der Waals surface area contributed by atoms with Gasteiger partial charge in [0.2, 0.25) is 15.9 Å². The van der Waals surface area contributed by atoms with Crippen LogP contribution in [-0.4, -0.2) is 38.3 Å². The minimum atomic E-state index is -3.55. The largest absolute Gasteiger partial charge is 0.312 e. The maximum atomic E-state index is 12.8. The highest BCUT2D eigenvalue weighted by Gasteiger charge is 2.26. The van der Waals surface area contributed by atoms with Crippen LogP contribution in [0.25, 0.3) is 0 Å². The number of nitrogens with zero attached hydrogens (tertiary/aromatic N) is 2. The quantitative estimate of drug-likeness (QED) is 0.777. The fourth-order valence-corrected chi connectivity index (χ4v) is 4.44. The van der Waals surface area contributed by atoms with Gasteiger partial charge in [-0.25, -0.2) is 8.42 Å². The molecule has 1 aliphatic rings. The molecule has 1 aliphatic heterocycles. The molecule has 0 fully saturated rings. The zero-order valence-electron chi connectivity index (χ0n) is 14.0. The van der Waals surface area contributed by atoms with E-state index in [-0.39, 0.29) is 10.8 Å². The number of fused-ring (bicyclic) bond motifs is 1. The summed E-state index contributed by atoms with van der Waals surface area (Å²) in [4.78, 5) is 13.7. The van der Waals surface area contributed by atoms with Crippen LogP contribution in [0.4, 0.5) is 5.69 Å². The van der Waals surface area contributed by atoms with Gasteiger partial charge in [-0.1, -0.05) is 19.1 Å². The van der Waals surface area contributed by atoms with Crippen LogP contribution in [0.1, 0.15) is 32.8 Å². The van der Waals surface area contributed by atoms with Crippen LogP contribution in [0.2, 0.25) is 0 Å². The van der Waals surface area contributed by atoms with Gasteiger partial charge in [-0.05, 0) is 43.5 Å². The first-order valence-corrected chi connectivity index (χ1v) is 9.27. The van der Waals surface area contributed by atoms with Gasteiger partial charge in [-0.2, -0.15) is 4.31 Å². The van der Waals surface area contributed by atoms with Gasteiger partial charge < -0.3 is 4.90 Å². The summed E-state index contributed by atoms with van der Waals surface area (Å²) in [6, 6.07) is 5.05. The molecule has 0 aliphatic carbocycles. The molecule has 2 rings (SSSR count). The molecule has 0 N–H and O–H groups in total. The molecular formula is C17H24N2O3S. The molecule has 0 unspecified atom stereocenters. The second-order valence-corrected chi connectivity index (χ2v) is 7.89. The number of anilines is 1. The van der Waals surface area contributed by atoms with Gasteiger partial charge in [0, 0.05) is 32.2 Å². The molecule has 6 heteroatoms. The van der Waals surface area contributed by atoms with Crippen molar-refractivity contribution in [2.45, 2.75) is 38.5 Å². The monoisotopic (exact) mass is 336 g/mol. The molecule has 0 spiro atoms. The van der Waals surface area contributed by atoms with E-state index < -0.39 is 10.0 Å².